The molecular formula is C22H24N4O3. The first-order chi connectivity index (χ1) is 14.2. The summed E-state index contributed by atoms with van der Waals surface area (Å²) in [5.41, 5.74) is 1.64. The lowest BCUT2D eigenvalue weighted by molar-refractivity contribution is -0.131. The Hall–Kier alpha value is -3.22. The Morgan fingerprint density at radius 3 is 2.86 bits per heavy atom. The van der Waals surface area contributed by atoms with Crippen LogP contribution in [-0.4, -0.2) is 45.6 Å². The number of piperidine rings is 1. The standard InChI is InChI=1S/C22H24N4O3/c1-2-28-18-10-8-16(9-11-18)14-20(27)26-13-5-6-17(15-26)21-24-22(29-25-21)19-7-3-4-12-23-19/h3-4,7-12,17H,2,5-6,13-15H2,1H3/t17-/m0/s1. The van der Waals surface area contributed by atoms with Crippen molar-refractivity contribution in [1.82, 2.24) is 20.0 Å². The van der Waals surface area contributed by atoms with Gasteiger partial charge in [-0.1, -0.05) is 23.4 Å². The number of carbonyl (C=O) groups excluding carboxylic acids is 1. The maximum Gasteiger partial charge on any atom is 0.276 e. The summed E-state index contributed by atoms with van der Waals surface area (Å²) in [6.45, 7) is 3.95. The van der Waals surface area contributed by atoms with Crippen LogP contribution in [0.5, 0.6) is 5.75 Å². The third-order valence-electron chi connectivity index (χ3n) is 5.05. The molecular weight excluding hydrogens is 368 g/mol. The van der Waals surface area contributed by atoms with Gasteiger partial charge in [-0.3, -0.25) is 9.78 Å². The number of hydrogen-bond acceptors (Lipinski definition) is 6. The predicted molar refractivity (Wildman–Crippen MR) is 107 cm³/mol. The maximum atomic E-state index is 12.8. The normalized spacial score (nSPS) is 16.6. The molecule has 0 unspecified atom stereocenters. The molecule has 0 spiro atoms. The van der Waals surface area contributed by atoms with Crippen molar-refractivity contribution in [3.8, 4) is 17.3 Å². The zero-order valence-electron chi connectivity index (χ0n) is 16.5. The van der Waals surface area contributed by atoms with Crippen LogP contribution >= 0.6 is 0 Å². The summed E-state index contributed by atoms with van der Waals surface area (Å²) in [4.78, 5) is 23.5. The minimum Gasteiger partial charge on any atom is -0.494 e. The molecule has 4 rings (SSSR count). The second-order valence-electron chi connectivity index (χ2n) is 7.11. The molecule has 0 radical (unpaired) electrons. The highest BCUT2D eigenvalue weighted by atomic mass is 16.5. The minimum absolute atomic E-state index is 0.0780. The van der Waals surface area contributed by atoms with E-state index in [2.05, 4.69) is 15.1 Å². The van der Waals surface area contributed by atoms with Gasteiger partial charge in [-0.15, -0.1) is 0 Å². The van der Waals surface area contributed by atoms with E-state index in [-0.39, 0.29) is 11.8 Å². The highest BCUT2D eigenvalue weighted by Crippen LogP contribution is 2.27. The van der Waals surface area contributed by atoms with Crippen LogP contribution < -0.4 is 4.74 Å². The average molecular weight is 392 g/mol. The number of pyridine rings is 1. The second kappa shape index (κ2) is 8.86. The molecule has 1 fully saturated rings. The number of likely N-dealkylation sites (tertiary alicyclic amines) is 1. The number of nitrogens with zero attached hydrogens (tertiary/aromatic N) is 4. The van der Waals surface area contributed by atoms with E-state index in [1.54, 1.807) is 6.20 Å². The van der Waals surface area contributed by atoms with Crippen LogP contribution in [0.4, 0.5) is 0 Å². The summed E-state index contributed by atoms with van der Waals surface area (Å²) < 4.78 is 10.8. The Labute approximate surface area is 169 Å². The largest absolute Gasteiger partial charge is 0.494 e. The first-order valence-corrected chi connectivity index (χ1v) is 9.97. The first-order valence-electron chi connectivity index (χ1n) is 9.97. The molecule has 1 aliphatic heterocycles. The topological polar surface area (TPSA) is 81.4 Å². The van der Waals surface area contributed by atoms with Crippen molar-refractivity contribution in [2.75, 3.05) is 19.7 Å². The zero-order chi connectivity index (χ0) is 20.1. The van der Waals surface area contributed by atoms with Gasteiger partial charge in [0.05, 0.1) is 13.0 Å². The molecule has 0 bridgehead atoms. The number of aromatic nitrogens is 3. The van der Waals surface area contributed by atoms with Gasteiger partial charge < -0.3 is 14.2 Å². The summed E-state index contributed by atoms with van der Waals surface area (Å²) in [6.07, 6.45) is 3.94. The van der Waals surface area contributed by atoms with Gasteiger partial charge in [-0.25, -0.2) is 0 Å². The van der Waals surface area contributed by atoms with E-state index in [4.69, 9.17) is 9.26 Å². The number of benzene rings is 1. The second-order valence-corrected chi connectivity index (χ2v) is 7.11. The number of carbonyl (C=O) groups is 1. The minimum atomic E-state index is 0.0780. The van der Waals surface area contributed by atoms with E-state index < -0.39 is 0 Å². The van der Waals surface area contributed by atoms with Crippen LogP contribution in [0.1, 0.15) is 37.1 Å². The number of amides is 1. The molecule has 7 heteroatoms. The third-order valence-corrected chi connectivity index (χ3v) is 5.05. The molecule has 3 aromatic rings. The zero-order valence-corrected chi connectivity index (χ0v) is 16.5. The van der Waals surface area contributed by atoms with Crippen LogP contribution in [0.2, 0.25) is 0 Å². The molecule has 0 saturated carbocycles. The van der Waals surface area contributed by atoms with Crippen LogP contribution in [0.3, 0.4) is 0 Å². The average Bonchev–Trinajstić information content (AvgIpc) is 3.26. The van der Waals surface area contributed by atoms with Crippen molar-refractivity contribution >= 4 is 5.91 Å². The molecule has 0 N–H and O–H groups in total. The van der Waals surface area contributed by atoms with Gasteiger partial charge in [0.2, 0.25) is 5.91 Å². The third kappa shape index (κ3) is 4.62. The highest BCUT2D eigenvalue weighted by Gasteiger charge is 2.28. The fourth-order valence-corrected chi connectivity index (χ4v) is 3.57. The van der Waals surface area contributed by atoms with Crippen LogP contribution in [0.15, 0.2) is 53.2 Å². The van der Waals surface area contributed by atoms with Crippen LogP contribution in [0, 0.1) is 0 Å². The van der Waals surface area contributed by atoms with Crippen LogP contribution in [-0.2, 0) is 11.2 Å². The van der Waals surface area contributed by atoms with Gasteiger partial charge >= 0.3 is 0 Å². The molecule has 1 atom stereocenters. The molecule has 3 heterocycles. The molecule has 2 aromatic heterocycles. The highest BCUT2D eigenvalue weighted by molar-refractivity contribution is 5.79. The molecule has 1 aromatic carbocycles. The van der Waals surface area contributed by atoms with Crippen LogP contribution in [0.25, 0.3) is 11.6 Å². The molecule has 7 nitrogen and oxygen atoms in total. The maximum absolute atomic E-state index is 12.8. The van der Waals surface area contributed by atoms with E-state index >= 15 is 0 Å². The summed E-state index contributed by atoms with van der Waals surface area (Å²) in [7, 11) is 0. The Morgan fingerprint density at radius 2 is 2.10 bits per heavy atom. The van der Waals surface area contributed by atoms with Crippen molar-refractivity contribution in [2.24, 2.45) is 0 Å². The lowest BCUT2D eigenvalue weighted by Crippen LogP contribution is -2.40. The number of hydrogen-bond donors (Lipinski definition) is 0. The summed E-state index contributed by atoms with van der Waals surface area (Å²) >= 11 is 0. The Balaban J connectivity index is 1.39. The molecule has 29 heavy (non-hydrogen) atoms. The monoisotopic (exact) mass is 392 g/mol. The van der Waals surface area contributed by atoms with Gasteiger partial charge in [0.15, 0.2) is 5.82 Å². The van der Waals surface area contributed by atoms with E-state index in [0.717, 1.165) is 30.7 Å². The van der Waals surface area contributed by atoms with Crippen molar-refractivity contribution in [3.05, 3.63) is 60.0 Å². The SMILES string of the molecule is CCOc1ccc(CC(=O)N2CCC[C@H](c3noc(-c4ccccn4)n3)C2)cc1. The molecule has 0 aliphatic carbocycles. The number of ether oxygens (including phenoxy) is 1. The quantitative estimate of drug-likeness (QED) is 0.639. The van der Waals surface area contributed by atoms with Gasteiger partial charge in [-0.2, -0.15) is 4.98 Å². The van der Waals surface area contributed by atoms with E-state index in [1.165, 1.54) is 0 Å². The first kappa shape index (κ1) is 19.1. The summed E-state index contributed by atoms with van der Waals surface area (Å²) in [5.74, 6) is 2.08. The number of rotatable bonds is 6. The van der Waals surface area contributed by atoms with Gasteiger partial charge in [-0.05, 0) is 49.6 Å². The Bertz CT molecular complexity index is 940. The summed E-state index contributed by atoms with van der Waals surface area (Å²) in [6, 6.07) is 13.3. The lowest BCUT2D eigenvalue weighted by atomic mass is 9.96. The Kier molecular flexibility index (Phi) is 5.84. The Morgan fingerprint density at radius 1 is 1.24 bits per heavy atom. The van der Waals surface area contributed by atoms with Crippen molar-refractivity contribution < 1.29 is 14.1 Å². The molecule has 1 saturated heterocycles. The fraction of sp³-hybridized carbons (Fsp3) is 0.364. The van der Waals surface area contributed by atoms with Crippen molar-refractivity contribution in [2.45, 2.75) is 32.1 Å². The van der Waals surface area contributed by atoms with Gasteiger partial charge in [0.25, 0.3) is 5.89 Å². The molecule has 1 amide bonds. The molecule has 150 valence electrons. The molecule has 1 aliphatic rings. The summed E-state index contributed by atoms with van der Waals surface area (Å²) in [5, 5.41) is 4.14. The van der Waals surface area contributed by atoms with Crippen molar-refractivity contribution in [3.63, 3.8) is 0 Å². The van der Waals surface area contributed by atoms with Gasteiger partial charge in [0, 0.05) is 25.2 Å². The predicted octanol–water partition coefficient (Wildman–Crippen LogP) is 3.48. The fourth-order valence-electron chi connectivity index (χ4n) is 3.57. The van der Waals surface area contributed by atoms with Crippen molar-refractivity contribution in [1.29, 1.82) is 0 Å². The van der Waals surface area contributed by atoms with Gasteiger partial charge in [0.1, 0.15) is 11.4 Å². The van der Waals surface area contributed by atoms with E-state index in [0.29, 0.717) is 37.0 Å². The van der Waals surface area contributed by atoms with E-state index in [1.807, 2.05) is 54.3 Å². The lowest BCUT2D eigenvalue weighted by Gasteiger charge is -2.31. The smallest absolute Gasteiger partial charge is 0.276 e. The van der Waals surface area contributed by atoms with E-state index in [9.17, 15) is 4.79 Å².